The van der Waals surface area contributed by atoms with E-state index in [0.29, 0.717) is 29.2 Å². The summed E-state index contributed by atoms with van der Waals surface area (Å²) >= 11 is 0. The summed E-state index contributed by atoms with van der Waals surface area (Å²) in [4.78, 5) is 20.0. The second-order valence-corrected chi connectivity index (χ2v) is 9.56. The quantitative estimate of drug-likeness (QED) is 0.505. The Bertz CT molecular complexity index is 926. The van der Waals surface area contributed by atoms with Gasteiger partial charge in [0.15, 0.2) is 0 Å². The van der Waals surface area contributed by atoms with E-state index in [0.717, 1.165) is 35.9 Å². The van der Waals surface area contributed by atoms with Crippen molar-refractivity contribution < 1.29 is 9.53 Å². The van der Waals surface area contributed by atoms with Crippen LogP contribution in [0.2, 0.25) is 0 Å². The number of rotatable bonds is 7. The lowest BCUT2D eigenvalue weighted by molar-refractivity contribution is 0.0601. The maximum absolute atomic E-state index is 11.8. The molecule has 0 amide bonds. The number of esters is 1. The summed E-state index contributed by atoms with van der Waals surface area (Å²) in [5.41, 5.74) is 3.84. The molecule has 0 saturated heterocycles. The molecule has 162 valence electrons. The van der Waals surface area contributed by atoms with Crippen LogP contribution in [0.25, 0.3) is 11.0 Å². The number of H-pyrrole nitrogens is 1. The molecule has 3 unspecified atom stereocenters. The smallest absolute Gasteiger partial charge is 0.337 e. The second kappa shape index (κ2) is 8.93. The zero-order chi connectivity index (χ0) is 21.3. The lowest BCUT2D eigenvalue weighted by atomic mass is 9.69. The molecule has 0 spiro atoms. The third-order valence-corrected chi connectivity index (χ3v) is 7.22. The molecule has 5 heteroatoms. The van der Waals surface area contributed by atoms with Gasteiger partial charge in [0, 0.05) is 19.0 Å². The second-order valence-electron chi connectivity index (χ2n) is 9.56. The van der Waals surface area contributed by atoms with Crippen molar-refractivity contribution in [1.82, 2.24) is 15.3 Å². The zero-order valence-corrected chi connectivity index (χ0v) is 18.7. The highest BCUT2D eigenvalue weighted by molar-refractivity contribution is 5.93. The van der Waals surface area contributed by atoms with E-state index >= 15 is 0 Å². The van der Waals surface area contributed by atoms with Crippen LogP contribution in [0, 0.1) is 23.7 Å². The number of aromatic amines is 1. The minimum atomic E-state index is -0.319. The molecule has 1 heterocycles. The first kappa shape index (κ1) is 21.1. The lowest BCUT2D eigenvalue weighted by Crippen LogP contribution is -2.41. The molecular formula is C25H35N3O2. The highest BCUT2D eigenvalue weighted by atomic mass is 16.5. The Hall–Kier alpha value is -2.14. The number of carbonyl (C=O) groups is 1. The van der Waals surface area contributed by atoms with Crippen LogP contribution in [0.15, 0.2) is 29.8 Å². The first-order valence-electron chi connectivity index (χ1n) is 11.4. The van der Waals surface area contributed by atoms with Crippen LogP contribution >= 0.6 is 0 Å². The van der Waals surface area contributed by atoms with E-state index in [1.54, 1.807) is 6.07 Å². The summed E-state index contributed by atoms with van der Waals surface area (Å²) in [5.74, 6) is 3.18. The van der Waals surface area contributed by atoms with Gasteiger partial charge in [-0.3, -0.25) is 0 Å². The highest BCUT2D eigenvalue weighted by Gasteiger charge is 2.32. The number of carbonyl (C=O) groups excluding carboxylic acids is 1. The lowest BCUT2D eigenvalue weighted by Gasteiger charge is -2.38. The Morgan fingerprint density at radius 1 is 1.33 bits per heavy atom. The molecule has 5 nitrogen and oxygen atoms in total. The number of nitrogens with zero attached hydrogens (tertiary/aromatic N) is 1. The molecule has 1 fully saturated rings. The molecule has 4 rings (SSSR count). The SMILES string of the molecule is COC(=O)c1ccc2nc(CC3CC(C(C)C)C(CNC4CCC4)C=C3C)[nH]c2c1. The fourth-order valence-electron chi connectivity index (χ4n) is 5.06. The Labute approximate surface area is 179 Å². The van der Waals surface area contributed by atoms with Crippen LogP contribution in [0.3, 0.4) is 0 Å². The Balaban J connectivity index is 1.48. The van der Waals surface area contributed by atoms with Gasteiger partial charge in [-0.25, -0.2) is 9.78 Å². The number of methoxy groups -OCH3 is 1. The molecule has 0 radical (unpaired) electrons. The number of nitrogens with one attached hydrogen (secondary N) is 2. The van der Waals surface area contributed by atoms with Gasteiger partial charge >= 0.3 is 5.97 Å². The van der Waals surface area contributed by atoms with Gasteiger partial charge in [-0.1, -0.05) is 31.9 Å². The van der Waals surface area contributed by atoms with Crippen molar-refractivity contribution in [2.45, 2.75) is 58.9 Å². The maximum Gasteiger partial charge on any atom is 0.337 e. The molecule has 1 saturated carbocycles. The average molecular weight is 410 g/mol. The van der Waals surface area contributed by atoms with Crippen LogP contribution in [0.1, 0.15) is 62.6 Å². The first-order valence-corrected chi connectivity index (χ1v) is 11.4. The van der Waals surface area contributed by atoms with Gasteiger partial charge in [-0.15, -0.1) is 0 Å². The Kier molecular flexibility index (Phi) is 6.28. The standard InChI is InChI=1S/C25H35N3O2/c1-15(2)21-11-18(16(3)10-19(21)14-26-20-6-5-7-20)13-24-27-22-9-8-17(25(29)30-4)12-23(22)28-24/h8-10,12,15,18-21,26H,5-7,11,13-14H2,1-4H3,(H,27,28). The van der Waals surface area contributed by atoms with E-state index in [9.17, 15) is 4.79 Å². The number of fused-ring (bicyclic) bond motifs is 1. The Morgan fingerprint density at radius 3 is 2.80 bits per heavy atom. The van der Waals surface area contributed by atoms with Crippen molar-refractivity contribution >= 4 is 17.0 Å². The Morgan fingerprint density at radius 2 is 2.13 bits per heavy atom. The molecule has 0 bridgehead atoms. The summed E-state index contributed by atoms with van der Waals surface area (Å²) in [6.45, 7) is 8.12. The minimum Gasteiger partial charge on any atom is -0.465 e. The van der Waals surface area contributed by atoms with Gasteiger partial charge in [-0.2, -0.15) is 0 Å². The van der Waals surface area contributed by atoms with E-state index in [-0.39, 0.29) is 5.97 Å². The summed E-state index contributed by atoms with van der Waals surface area (Å²) in [7, 11) is 1.41. The van der Waals surface area contributed by atoms with Gasteiger partial charge in [-0.05, 0) is 68.1 Å². The van der Waals surface area contributed by atoms with Crippen LogP contribution < -0.4 is 5.32 Å². The van der Waals surface area contributed by atoms with Gasteiger partial charge in [0.2, 0.25) is 0 Å². The van der Waals surface area contributed by atoms with Crippen LogP contribution in [-0.4, -0.2) is 35.6 Å². The normalized spacial score (nSPS) is 24.7. The highest BCUT2D eigenvalue weighted by Crippen LogP contribution is 2.39. The van der Waals surface area contributed by atoms with Gasteiger partial charge in [0.05, 0.1) is 23.7 Å². The fourth-order valence-corrected chi connectivity index (χ4v) is 5.06. The molecule has 2 aliphatic carbocycles. The van der Waals surface area contributed by atoms with E-state index < -0.39 is 0 Å². The van der Waals surface area contributed by atoms with Gasteiger partial charge < -0.3 is 15.0 Å². The van der Waals surface area contributed by atoms with Crippen molar-refractivity contribution in [2.75, 3.05) is 13.7 Å². The number of ether oxygens (including phenoxy) is 1. The number of hydrogen-bond donors (Lipinski definition) is 2. The molecule has 0 aliphatic heterocycles. The van der Waals surface area contributed by atoms with Crippen molar-refractivity contribution in [3.05, 3.63) is 41.2 Å². The fraction of sp³-hybridized carbons (Fsp3) is 0.600. The number of hydrogen-bond acceptors (Lipinski definition) is 4. The van der Waals surface area contributed by atoms with Crippen molar-refractivity contribution in [1.29, 1.82) is 0 Å². The van der Waals surface area contributed by atoms with E-state index in [1.165, 1.54) is 38.4 Å². The van der Waals surface area contributed by atoms with Crippen molar-refractivity contribution in [2.24, 2.45) is 23.7 Å². The van der Waals surface area contributed by atoms with E-state index in [4.69, 9.17) is 9.72 Å². The van der Waals surface area contributed by atoms with Crippen molar-refractivity contribution in [3.8, 4) is 0 Å². The maximum atomic E-state index is 11.8. The molecule has 30 heavy (non-hydrogen) atoms. The molecule has 2 aromatic rings. The molecular weight excluding hydrogens is 374 g/mol. The summed E-state index contributed by atoms with van der Waals surface area (Å²) in [6.07, 6.45) is 8.72. The number of aromatic nitrogens is 2. The minimum absolute atomic E-state index is 0.319. The van der Waals surface area contributed by atoms with Gasteiger partial charge in [0.25, 0.3) is 0 Å². The third kappa shape index (κ3) is 4.46. The monoisotopic (exact) mass is 409 g/mol. The number of allylic oxidation sites excluding steroid dienone is 1. The number of benzene rings is 1. The molecule has 1 aromatic heterocycles. The number of imidazole rings is 1. The predicted octanol–water partition coefficient (Wildman–Crippen LogP) is 4.89. The molecule has 2 aliphatic rings. The zero-order valence-electron chi connectivity index (χ0n) is 18.7. The summed E-state index contributed by atoms with van der Waals surface area (Å²) in [5, 5.41) is 3.79. The van der Waals surface area contributed by atoms with Crippen molar-refractivity contribution in [3.63, 3.8) is 0 Å². The van der Waals surface area contributed by atoms with Crippen LogP contribution in [-0.2, 0) is 11.2 Å². The summed E-state index contributed by atoms with van der Waals surface area (Å²) in [6, 6.07) is 6.25. The first-order chi connectivity index (χ1) is 14.4. The van der Waals surface area contributed by atoms with E-state index in [2.05, 4.69) is 37.1 Å². The molecule has 3 atom stereocenters. The van der Waals surface area contributed by atoms with E-state index in [1.807, 2.05) is 12.1 Å². The molecule has 1 aromatic carbocycles. The van der Waals surface area contributed by atoms with Crippen LogP contribution in [0.5, 0.6) is 0 Å². The third-order valence-electron chi connectivity index (χ3n) is 7.22. The largest absolute Gasteiger partial charge is 0.465 e. The average Bonchev–Trinajstić information content (AvgIpc) is 3.09. The van der Waals surface area contributed by atoms with Gasteiger partial charge in [0.1, 0.15) is 5.82 Å². The predicted molar refractivity (Wildman–Crippen MR) is 120 cm³/mol. The molecule has 2 N–H and O–H groups in total. The summed E-state index contributed by atoms with van der Waals surface area (Å²) < 4.78 is 4.83. The van der Waals surface area contributed by atoms with Crippen LogP contribution in [0.4, 0.5) is 0 Å². The topological polar surface area (TPSA) is 67.0 Å².